The zero-order chi connectivity index (χ0) is 18.7. The van der Waals surface area contributed by atoms with E-state index in [1.54, 1.807) is 12.1 Å². The van der Waals surface area contributed by atoms with E-state index in [1.807, 2.05) is 12.1 Å². The SMILES string of the molecule is O=C(O)Cc1cc2cc(C=NNC(=O)c3ccc(O)c(Cl)c3)ccc2[nH]1. The molecular weight excluding hydrogens is 358 g/mol. The molecule has 132 valence electrons. The van der Waals surface area contributed by atoms with Crippen molar-refractivity contribution in [2.24, 2.45) is 5.10 Å². The Bertz CT molecular complexity index is 1030. The third kappa shape index (κ3) is 4.01. The molecule has 0 aliphatic carbocycles. The molecule has 0 fully saturated rings. The van der Waals surface area contributed by atoms with E-state index in [1.165, 1.54) is 24.4 Å². The number of nitrogens with one attached hydrogen (secondary N) is 2. The van der Waals surface area contributed by atoms with Crippen LogP contribution in [0.4, 0.5) is 0 Å². The number of nitrogens with zero attached hydrogens (tertiary/aromatic N) is 1. The van der Waals surface area contributed by atoms with Crippen LogP contribution in [-0.4, -0.2) is 33.3 Å². The topological polar surface area (TPSA) is 115 Å². The number of hydrogen-bond donors (Lipinski definition) is 4. The van der Waals surface area contributed by atoms with E-state index < -0.39 is 11.9 Å². The monoisotopic (exact) mass is 371 g/mol. The predicted molar refractivity (Wildman–Crippen MR) is 97.8 cm³/mol. The van der Waals surface area contributed by atoms with Crippen molar-refractivity contribution in [3.63, 3.8) is 0 Å². The lowest BCUT2D eigenvalue weighted by atomic mass is 10.1. The van der Waals surface area contributed by atoms with Crippen molar-refractivity contribution in [1.82, 2.24) is 10.4 Å². The summed E-state index contributed by atoms with van der Waals surface area (Å²) in [7, 11) is 0. The first kappa shape index (κ1) is 17.5. The van der Waals surface area contributed by atoms with Gasteiger partial charge in [0.1, 0.15) is 5.75 Å². The number of halogens is 1. The Labute approximate surface area is 152 Å². The molecule has 0 aliphatic heterocycles. The number of fused-ring (bicyclic) bond motifs is 1. The fourth-order valence-electron chi connectivity index (χ4n) is 2.43. The number of H-pyrrole nitrogens is 1. The van der Waals surface area contributed by atoms with Gasteiger partial charge in [0.2, 0.25) is 0 Å². The van der Waals surface area contributed by atoms with E-state index in [-0.39, 0.29) is 22.8 Å². The van der Waals surface area contributed by atoms with Crippen LogP contribution in [0.3, 0.4) is 0 Å². The van der Waals surface area contributed by atoms with Crippen LogP contribution in [0.5, 0.6) is 5.75 Å². The van der Waals surface area contributed by atoms with Crippen molar-refractivity contribution < 1.29 is 19.8 Å². The van der Waals surface area contributed by atoms with Gasteiger partial charge in [0.25, 0.3) is 5.91 Å². The third-order valence-corrected chi connectivity index (χ3v) is 3.93. The minimum absolute atomic E-state index is 0.0800. The number of aliphatic carboxylic acids is 1. The second-order valence-electron chi connectivity index (χ2n) is 5.58. The van der Waals surface area contributed by atoms with Gasteiger partial charge in [-0.15, -0.1) is 0 Å². The Hall–Kier alpha value is -3.32. The molecule has 2 aromatic carbocycles. The molecule has 26 heavy (non-hydrogen) atoms. The normalized spacial score (nSPS) is 11.1. The first-order valence-electron chi connectivity index (χ1n) is 7.58. The minimum Gasteiger partial charge on any atom is -0.506 e. The van der Waals surface area contributed by atoms with Crippen LogP contribution in [0.1, 0.15) is 21.6 Å². The van der Waals surface area contributed by atoms with Crippen LogP contribution < -0.4 is 5.43 Å². The van der Waals surface area contributed by atoms with Crippen LogP contribution in [0, 0.1) is 0 Å². The molecule has 3 rings (SSSR count). The summed E-state index contributed by atoms with van der Waals surface area (Å²) >= 11 is 5.77. The van der Waals surface area contributed by atoms with Gasteiger partial charge in [-0.3, -0.25) is 9.59 Å². The van der Waals surface area contributed by atoms with Crippen LogP contribution in [0.15, 0.2) is 47.6 Å². The maximum absolute atomic E-state index is 12.0. The van der Waals surface area contributed by atoms with Gasteiger partial charge in [0.05, 0.1) is 17.7 Å². The first-order valence-corrected chi connectivity index (χ1v) is 7.95. The van der Waals surface area contributed by atoms with E-state index in [0.29, 0.717) is 5.69 Å². The van der Waals surface area contributed by atoms with Gasteiger partial charge in [-0.1, -0.05) is 17.7 Å². The number of aromatic nitrogens is 1. The van der Waals surface area contributed by atoms with Crippen LogP contribution in [0.25, 0.3) is 10.9 Å². The Morgan fingerprint density at radius 2 is 2.00 bits per heavy atom. The van der Waals surface area contributed by atoms with E-state index >= 15 is 0 Å². The fourth-order valence-corrected chi connectivity index (χ4v) is 2.61. The minimum atomic E-state index is -0.907. The Morgan fingerprint density at radius 3 is 2.73 bits per heavy atom. The summed E-state index contributed by atoms with van der Waals surface area (Å²) in [5, 5.41) is 23.0. The van der Waals surface area contributed by atoms with Crippen LogP contribution in [0.2, 0.25) is 5.02 Å². The summed E-state index contributed by atoms with van der Waals surface area (Å²) in [6, 6.07) is 11.3. The van der Waals surface area contributed by atoms with Crippen molar-refractivity contribution in [3.05, 3.63) is 64.3 Å². The van der Waals surface area contributed by atoms with Crippen LogP contribution >= 0.6 is 11.6 Å². The molecule has 0 atom stereocenters. The fraction of sp³-hybridized carbons (Fsp3) is 0.0556. The number of carbonyl (C=O) groups is 2. The highest BCUT2D eigenvalue weighted by Gasteiger charge is 2.08. The van der Waals surface area contributed by atoms with Gasteiger partial charge in [-0.2, -0.15) is 5.10 Å². The van der Waals surface area contributed by atoms with Crippen molar-refractivity contribution in [1.29, 1.82) is 0 Å². The van der Waals surface area contributed by atoms with E-state index in [9.17, 15) is 14.7 Å². The highest BCUT2D eigenvalue weighted by atomic mass is 35.5. The largest absolute Gasteiger partial charge is 0.506 e. The molecule has 0 aliphatic rings. The van der Waals surface area contributed by atoms with Crippen molar-refractivity contribution in [3.8, 4) is 5.75 Å². The zero-order valence-electron chi connectivity index (χ0n) is 13.4. The summed E-state index contributed by atoms with van der Waals surface area (Å²) in [4.78, 5) is 25.8. The lowest BCUT2D eigenvalue weighted by molar-refractivity contribution is -0.136. The Balaban J connectivity index is 1.70. The molecule has 0 bridgehead atoms. The second kappa shape index (κ2) is 7.28. The third-order valence-electron chi connectivity index (χ3n) is 3.63. The molecule has 8 heteroatoms. The van der Waals surface area contributed by atoms with Crippen molar-refractivity contribution in [2.45, 2.75) is 6.42 Å². The quantitative estimate of drug-likeness (QED) is 0.407. The van der Waals surface area contributed by atoms with E-state index in [4.69, 9.17) is 16.7 Å². The molecular formula is C18H14ClN3O4. The standard InChI is InChI=1S/C18H14ClN3O4/c19-14-7-11(2-4-16(14)23)18(26)22-20-9-10-1-3-15-12(5-10)6-13(21-15)8-17(24)25/h1-7,9,21,23H,8H2,(H,22,26)(H,24,25). The van der Waals surface area contributed by atoms with Crippen molar-refractivity contribution in [2.75, 3.05) is 0 Å². The van der Waals surface area contributed by atoms with Gasteiger partial charge in [-0.05, 0) is 42.0 Å². The zero-order valence-corrected chi connectivity index (χ0v) is 14.1. The molecule has 4 N–H and O–H groups in total. The van der Waals surface area contributed by atoms with Gasteiger partial charge < -0.3 is 15.2 Å². The number of hydrogen-bond acceptors (Lipinski definition) is 4. The van der Waals surface area contributed by atoms with Gasteiger partial charge in [0, 0.05) is 22.2 Å². The molecule has 0 unspecified atom stereocenters. The Kier molecular flexibility index (Phi) is 4.90. The molecule has 1 amide bonds. The van der Waals surface area contributed by atoms with Crippen molar-refractivity contribution >= 4 is 40.6 Å². The molecule has 0 saturated carbocycles. The van der Waals surface area contributed by atoms with Gasteiger partial charge in [-0.25, -0.2) is 5.43 Å². The van der Waals surface area contributed by atoms with Crippen LogP contribution in [-0.2, 0) is 11.2 Å². The average Bonchev–Trinajstić information content (AvgIpc) is 2.97. The summed E-state index contributed by atoms with van der Waals surface area (Å²) < 4.78 is 0. The number of carboxylic acids is 1. The number of aromatic hydroxyl groups is 1. The summed E-state index contributed by atoms with van der Waals surface area (Å²) in [5.74, 6) is -1.47. The number of hydrazone groups is 1. The molecule has 3 aromatic rings. The molecule has 1 aromatic heterocycles. The number of amides is 1. The molecule has 7 nitrogen and oxygen atoms in total. The maximum Gasteiger partial charge on any atom is 0.309 e. The maximum atomic E-state index is 12.0. The average molecular weight is 372 g/mol. The summed E-state index contributed by atoms with van der Waals surface area (Å²) in [6.07, 6.45) is 1.40. The lowest BCUT2D eigenvalue weighted by Gasteiger charge is -2.02. The number of carboxylic acid groups (broad SMARTS) is 1. The molecule has 0 saturated heterocycles. The number of aromatic amines is 1. The number of phenols is 1. The predicted octanol–water partition coefficient (Wildman–Crippen LogP) is 2.92. The first-order chi connectivity index (χ1) is 12.4. The van der Waals surface area contributed by atoms with Gasteiger partial charge in [0.15, 0.2) is 0 Å². The smallest absolute Gasteiger partial charge is 0.309 e. The summed E-state index contributed by atoms with van der Waals surface area (Å²) in [5.41, 5.74) is 4.82. The second-order valence-corrected chi connectivity index (χ2v) is 5.98. The number of carbonyl (C=O) groups excluding carboxylic acids is 1. The molecule has 0 radical (unpaired) electrons. The molecule has 0 spiro atoms. The number of benzene rings is 2. The summed E-state index contributed by atoms with van der Waals surface area (Å²) in [6.45, 7) is 0. The highest BCUT2D eigenvalue weighted by Crippen LogP contribution is 2.23. The number of rotatable bonds is 5. The lowest BCUT2D eigenvalue weighted by Crippen LogP contribution is -2.17. The van der Waals surface area contributed by atoms with E-state index in [0.717, 1.165) is 16.5 Å². The van der Waals surface area contributed by atoms with E-state index in [2.05, 4.69) is 15.5 Å². The highest BCUT2D eigenvalue weighted by molar-refractivity contribution is 6.32. The Morgan fingerprint density at radius 1 is 1.19 bits per heavy atom. The number of phenolic OH excluding ortho intramolecular Hbond substituents is 1. The van der Waals surface area contributed by atoms with Gasteiger partial charge >= 0.3 is 5.97 Å². The molecule has 1 heterocycles.